The minimum absolute atomic E-state index is 0.0567. The monoisotopic (exact) mass is 600 g/mol. The van der Waals surface area contributed by atoms with Crippen molar-refractivity contribution in [1.82, 2.24) is 18.9 Å². The first-order valence-corrected chi connectivity index (χ1v) is 14.7. The number of ketones is 1. The van der Waals surface area contributed by atoms with E-state index in [1.54, 1.807) is 44.1 Å². The number of thiophene rings is 1. The van der Waals surface area contributed by atoms with E-state index in [9.17, 15) is 18.8 Å². The average Bonchev–Trinajstić information content (AvgIpc) is 3.60. The van der Waals surface area contributed by atoms with Gasteiger partial charge in [-0.1, -0.05) is 25.2 Å². The predicted octanol–water partition coefficient (Wildman–Crippen LogP) is 4.84. The molecule has 0 saturated carbocycles. The largest absolute Gasteiger partial charge is 0.496 e. The maximum atomic E-state index is 14.5. The van der Waals surface area contributed by atoms with Gasteiger partial charge in [-0.25, -0.2) is 18.4 Å². The fourth-order valence-electron chi connectivity index (χ4n) is 4.97. The first-order valence-electron chi connectivity index (χ1n) is 13.8. The van der Waals surface area contributed by atoms with Gasteiger partial charge in [0.05, 0.1) is 25.1 Å². The molecule has 12 heteroatoms. The molecule has 4 rings (SSSR count). The molecule has 0 fully saturated rings. The van der Waals surface area contributed by atoms with E-state index in [-0.39, 0.29) is 31.3 Å². The number of aryl methyl sites for hydroxylation is 1. The van der Waals surface area contributed by atoms with Crippen LogP contribution in [0, 0.1) is 18.7 Å². The van der Waals surface area contributed by atoms with Crippen LogP contribution in [0.1, 0.15) is 56.9 Å². The molecule has 0 aliphatic carbocycles. The second-order valence-electron chi connectivity index (χ2n) is 10.6. The Balaban J connectivity index is 1.96. The van der Waals surface area contributed by atoms with Gasteiger partial charge in [-0.3, -0.25) is 14.2 Å². The quantitative estimate of drug-likeness (QED) is 0.191. The van der Waals surface area contributed by atoms with Crippen molar-refractivity contribution < 1.29 is 23.4 Å². The van der Waals surface area contributed by atoms with Gasteiger partial charge in [0.25, 0.3) is 5.56 Å². The summed E-state index contributed by atoms with van der Waals surface area (Å²) in [6.07, 6.45) is 3.35. The minimum atomic E-state index is -0.986. The van der Waals surface area contributed by atoms with Crippen molar-refractivity contribution in [2.45, 2.75) is 59.2 Å². The molecular weight excluding hydrogens is 563 g/mol. The third-order valence-electron chi connectivity index (χ3n) is 7.09. The van der Waals surface area contributed by atoms with Crippen LogP contribution in [0.5, 0.6) is 5.75 Å². The highest BCUT2D eigenvalue weighted by atomic mass is 32.1. The standard InChI is InChI=1S/C30H37FN4O6S/c1-18(2)15-23(36)20(4)35-27(37)26-19(3)28(34-12-7-11-32-34)42-29(26)33(30(35)38)17-25(41-14-8-13-39-5)22-16-21(31)9-10-24(22)40-6/h7,9-12,16,18,20,25H,8,13-15,17H2,1-6H3/t20-,25+/m1/s1. The van der Waals surface area contributed by atoms with Gasteiger partial charge < -0.3 is 14.2 Å². The zero-order valence-electron chi connectivity index (χ0n) is 24.8. The summed E-state index contributed by atoms with van der Waals surface area (Å²) in [5.41, 5.74) is -0.136. The van der Waals surface area contributed by atoms with Gasteiger partial charge in [0.2, 0.25) is 0 Å². The van der Waals surface area contributed by atoms with Crippen molar-refractivity contribution in [2.24, 2.45) is 5.92 Å². The lowest BCUT2D eigenvalue weighted by atomic mass is 10.0. The second kappa shape index (κ2) is 13.6. The number of hydrogen-bond donors (Lipinski definition) is 0. The van der Waals surface area contributed by atoms with Crippen LogP contribution in [0.4, 0.5) is 4.39 Å². The number of benzene rings is 1. The Labute approximate surface area is 247 Å². The van der Waals surface area contributed by atoms with Crippen LogP contribution in [-0.2, 0) is 20.8 Å². The van der Waals surface area contributed by atoms with Crippen LogP contribution < -0.4 is 16.0 Å². The Morgan fingerprint density at radius 2 is 1.90 bits per heavy atom. The van der Waals surface area contributed by atoms with E-state index in [0.717, 1.165) is 4.57 Å². The normalized spacial score (nSPS) is 13.1. The SMILES string of the molecule is COCCCO[C@@H](Cn1c(=O)n([C@H](C)C(=O)CC(C)C)c(=O)c2c(C)c(-n3cccn3)sc21)c1cc(F)ccc1OC. The van der Waals surface area contributed by atoms with Gasteiger partial charge in [-0.2, -0.15) is 5.10 Å². The molecule has 4 aromatic rings. The lowest BCUT2D eigenvalue weighted by molar-refractivity contribution is -0.122. The lowest BCUT2D eigenvalue weighted by Gasteiger charge is -2.23. The van der Waals surface area contributed by atoms with Gasteiger partial charge in [0.15, 0.2) is 5.78 Å². The van der Waals surface area contributed by atoms with E-state index < -0.39 is 29.2 Å². The van der Waals surface area contributed by atoms with E-state index in [1.165, 1.54) is 41.2 Å². The Bertz CT molecular complexity index is 1660. The molecule has 0 aliphatic rings. The molecule has 0 bridgehead atoms. The molecule has 0 amide bonds. The topological polar surface area (TPSA) is 107 Å². The van der Waals surface area contributed by atoms with Crippen LogP contribution in [0.2, 0.25) is 0 Å². The molecule has 42 heavy (non-hydrogen) atoms. The second-order valence-corrected chi connectivity index (χ2v) is 11.5. The molecule has 1 aromatic carbocycles. The fourth-order valence-corrected chi connectivity index (χ4v) is 6.22. The van der Waals surface area contributed by atoms with E-state index >= 15 is 0 Å². The Morgan fingerprint density at radius 3 is 2.55 bits per heavy atom. The molecule has 0 spiro atoms. The lowest BCUT2D eigenvalue weighted by Crippen LogP contribution is -2.44. The zero-order valence-corrected chi connectivity index (χ0v) is 25.6. The first kappa shape index (κ1) is 31.3. The van der Waals surface area contributed by atoms with Crippen LogP contribution in [0.15, 0.2) is 46.2 Å². The maximum Gasteiger partial charge on any atom is 0.332 e. The molecule has 10 nitrogen and oxygen atoms in total. The van der Waals surface area contributed by atoms with Gasteiger partial charge in [0, 0.05) is 50.3 Å². The van der Waals surface area contributed by atoms with Crippen molar-refractivity contribution in [3.05, 3.63) is 74.4 Å². The molecule has 2 atom stereocenters. The Hall–Kier alpha value is -3.61. The van der Waals surface area contributed by atoms with Gasteiger partial charge >= 0.3 is 5.69 Å². The van der Waals surface area contributed by atoms with Crippen molar-refractivity contribution in [2.75, 3.05) is 27.4 Å². The van der Waals surface area contributed by atoms with E-state index in [1.807, 2.05) is 13.8 Å². The number of Topliss-reactive ketones (excluding diaryl/α,β-unsaturated/α-hetero) is 1. The highest BCUT2D eigenvalue weighted by molar-refractivity contribution is 7.21. The molecule has 0 aliphatic heterocycles. The number of nitrogens with zero attached hydrogens (tertiary/aromatic N) is 4. The number of halogens is 1. The average molecular weight is 601 g/mol. The molecule has 0 unspecified atom stereocenters. The van der Waals surface area contributed by atoms with Gasteiger partial charge in [0.1, 0.15) is 27.5 Å². The number of aromatic nitrogens is 4. The third kappa shape index (κ3) is 6.40. The number of ether oxygens (including phenoxy) is 3. The molecule has 3 heterocycles. The highest BCUT2D eigenvalue weighted by Crippen LogP contribution is 2.34. The van der Waals surface area contributed by atoms with Crippen molar-refractivity contribution in [3.8, 4) is 10.8 Å². The first-order chi connectivity index (χ1) is 20.1. The van der Waals surface area contributed by atoms with Gasteiger partial charge in [-0.05, 0) is 50.5 Å². The number of carbonyl (C=O) groups is 1. The highest BCUT2D eigenvalue weighted by Gasteiger charge is 2.28. The van der Waals surface area contributed by atoms with Crippen molar-refractivity contribution in [3.63, 3.8) is 0 Å². The summed E-state index contributed by atoms with van der Waals surface area (Å²) in [6, 6.07) is 4.90. The summed E-state index contributed by atoms with van der Waals surface area (Å²) < 4.78 is 35.5. The molecule has 0 saturated heterocycles. The summed E-state index contributed by atoms with van der Waals surface area (Å²) in [7, 11) is 3.06. The maximum absolute atomic E-state index is 14.5. The van der Waals surface area contributed by atoms with Crippen LogP contribution in [-0.4, -0.2) is 52.1 Å². The Kier molecular flexibility index (Phi) is 10.1. The predicted molar refractivity (Wildman–Crippen MR) is 160 cm³/mol. The molecular formula is C30H37FN4O6S. The molecule has 0 radical (unpaired) electrons. The zero-order chi connectivity index (χ0) is 30.6. The van der Waals surface area contributed by atoms with Gasteiger partial charge in [-0.15, -0.1) is 0 Å². The summed E-state index contributed by atoms with van der Waals surface area (Å²) >= 11 is 1.24. The summed E-state index contributed by atoms with van der Waals surface area (Å²) in [6.45, 7) is 7.85. The molecule has 3 aromatic heterocycles. The fraction of sp³-hybridized carbons (Fsp3) is 0.467. The third-order valence-corrected chi connectivity index (χ3v) is 8.40. The molecule has 226 valence electrons. The van der Waals surface area contributed by atoms with E-state index in [2.05, 4.69) is 5.10 Å². The minimum Gasteiger partial charge on any atom is -0.496 e. The number of methoxy groups -OCH3 is 2. The Morgan fingerprint density at radius 1 is 1.14 bits per heavy atom. The smallest absolute Gasteiger partial charge is 0.332 e. The number of carbonyl (C=O) groups excluding carboxylic acids is 1. The van der Waals surface area contributed by atoms with Crippen LogP contribution in [0.3, 0.4) is 0 Å². The summed E-state index contributed by atoms with van der Waals surface area (Å²) in [4.78, 5) is 41.7. The van der Waals surface area contributed by atoms with Crippen LogP contribution in [0.25, 0.3) is 15.2 Å². The van der Waals surface area contributed by atoms with Crippen LogP contribution >= 0.6 is 11.3 Å². The van der Waals surface area contributed by atoms with E-state index in [4.69, 9.17) is 14.2 Å². The number of hydrogen-bond acceptors (Lipinski definition) is 8. The van der Waals surface area contributed by atoms with Crippen molar-refractivity contribution in [1.29, 1.82) is 0 Å². The van der Waals surface area contributed by atoms with E-state index in [0.29, 0.717) is 45.1 Å². The van der Waals surface area contributed by atoms with Crippen molar-refractivity contribution >= 4 is 27.3 Å². The number of rotatable bonds is 14. The summed E-state index contributed by atoms with van der Waals surface area (Å²) in [5, 5.41) is 5.31. The molecule has 0 N–H and O–H groups in total. The number of fused-ring (bicyclic) bond motifs is 1. The summed E-state index contributed by atoms with van der Waals surface area (Å²) in [5.74, 6) is -0.249.